The van der Waals surface area contributed by atoms with Gasteiger partial charge in [0.1, 0.15) is 12.2 Å². The molecule has 1 unspecified atom stereocenters. The van der Waals surface area contributed by atoms with Crippen LogP contribution in [0.25, 0.3) is 22.5 Å². The summed E-state index contributed by atoms with van der Waals surface area (Å²) in [6.45, 7) is 18.5. The molecule has 2 nitrogen and oxygen atoms in total. The third-order valence-electron chi connectivity index (χ3n) is 6.70. The highest BCUT2D eigenvalue weighted by Crippen LogP contribution is 2.45. The van der Waals surface area contributed by atoms with E-state index in [0.717, 1.165) is 12.2 Å². The fourth-order valence-corrected chi connectivity index (χ4v) is 5.18. The second-order valence-corrected chi connectivity index (χ2v) is 8.96. The van der Waals surface area contributed by atoms with E-state index in [2.05, 4.69) is 95.2 Å². The van der Waals surface area contributed by atoms with Crippen LogP contribution in [0.3, 0.4) is 0 Å². The first-order valence-corrected chi connectivity index (χ1v) is 10.5. The molecule has 0 fully saturated rings. The maximum absolute atomic E-state index is 4.89. The zero-order valence-corrected chi connectivity index (χ0v) is 18.5. The smallest absolute Gasteiger partial charge is 0.229 e. The lowest BCUT2D eigenvalue weighted by molar-refractivity contribution is -0.699. The van der Waals surface area contributed by atoms with Crippen molar-refractivity contribution in [2.45, 2.75) is 53.5 Å². The van der Waals surface area contributed by atoms with Crippen molar-refractivity contribution in [3.8, 4) is 22.5 Å². The number of rotatable bonds is 3. The van der Waals surface area contributed by atoms with E-state index in [1.807, 2.05) is 6.33 Å². The molecule has 1 aromatic heterocycles. The highest BCUT2D eigenvalue weighted by molar-refractivity contribution is 5.74. The van der Waals surface area contributed by atoms with Crippen LogP contribution in [0.5, 0.6) is 0 Å². The predicted octanol–water partition coefficient (Wildman–Crippen LogP) is 6.03. The predicted molar refractivity (Wildman–Crippen MR) is 121 cm³/mol. The third-order valence-corrected chi connectivity index (χ3v) is 6.70. The summed E-state index contributed by atoms with van der Waals surface area (Å²) in [5, 5.41) is 0. The molecule has 1 aliphatic heterocycles. The normalized spacial score (nSPS) is 17.8. The summed E-state index contributed by atoms with van der Waals surface area (Å²) in [5.41, 5.74) is 11.4. The van der Waals surface area contributed by atoms with Crippen molar-refractivity contribution in [1.29, 1.82) is 0 Å². The van der Waals surface area contributed by atoms with Crippen molar-refractivity contribution in [3.63, 3.8) is 0 Å². The fraction of sp³-hybridized carbons (Fsp3) is 0.333. The number of allylic oxidation sites excluding steroid dienone is 1. The molecule has 0 saturated carbocycles. The number of fused-ring (bicyclic) bond motifs is 3. The maximum Gasteiger partial charge on any atom is 0.287 e. The summed E-state index contributed by atoms with van der Waals surface area (Å²) in [5.74, 6) is 0.444. The van der Waals surface area contributed by atoms with Crippen LogP contribution in [-0.4, -0.2) is 4.98 Å². The van der Waals surface area contributed by atoms with Gasteiger partial charge >= 0.3 is 0 Å². The number of benzene rings is 2. The molecule has 1 atom stereocenters. The molecule has 29 heavy (non-hydrogen) atoms. The molecular weight excluding hydrogens is 352 g/mol. The van der Waals surface area contributed by atoms with E-state index >= 15 is 0 Å². The summed E-state index contributed by atoms with van der Waals surface area (Å²) in [7, 11) is 0. The molecule has 4 rings (SSSR count). The van der Waals surface area contributed by atoms with Crippen LogP contribution in [0.2, 0.25) is 0 Å². The lowest BCUT2D eigenvalue weighted by Crippen LogP contribution is -2.53. The van der Waals surface area contributed by atoms with Crippen LogP contribution in [-0.2, 0) is 12.0 Å². The van der Waals surface area contributed by atoms with Crippen LogP contribution >= 0.6 is 0 Å². The Bertz CT molecular complexity index is 1100. The van der Waals surface area contributed by atoms with E-state index in [4.69, 9.17) is 4.98 Å². The topological polar surface area (TPSA) is 16.8 Å². The van der Waals surface area contributed by atoms with Crippen LogP contribution in [0.4, 0.5) is 0 Å². The largest absolute Gasteiger partial charge is 0.287 e. The SMILES string of the molecule is C=CC1(C(C)C)C[n+]2cnc(-c3c(C)cccc3C)cc2-c2cc(C)cc(C)c21. The summed E-state index contributed by atoms with van der Waals surface area (Å²) >= 11 is 0. The molecule has 0 saturated heterocycles. The Hall–Kier alpha value is -2.74. The number of aryl methyl sites for hydroxylation is 4. The van der Waals surface area contributed by atoms with Gasteiger partial charge in [0.2, 0.25) is 0 Å². The third kappa shape index (κ3) is 2.93. The zero-order valence-electron chi connectivity index (χ0n) is 18.5. The molecule has 0 radical (unpaired) electrons. The van der Waals surface area contributed by atoms with Gasteiger partial charge < -0.3 is 0 Å². The van der Waals surface area contributed by atoms with Gasteiger partial charge in [-0.2, -0.15) is 0 Å². The highest BCUT2D eigenvalue weighted by atomic mass is 15.0. The number of hydrogen-bond acceptors (Lipinski definition) is 1. The summed E-state index contributed by atoms with van der Waals surface area (Å²) in [6, 6.07) is 13.4. The van der Waals surface area contributed by atoms with Crippen molar-refractivity contribution < 1.29 is 4.57 Å². The van der Waals surface area contributed by atoms with Gasteiger partial charge in [-0.3, -0.25) is 0 Å². The quantitative estimate of drug-likeness (QED) is 0.398. The number of nitrogens with zero attached hydrogens (tertiary/aromatic N) is 2. The number of hydrogen-bond donors (Lipinski definition) is 0. The lowest BCUT2D eigenvalue weighted by atomic mass is 9.66. The van der Waals surface area contributed by atoms with Gasteiger partial charge in [-0.1, -0.05) is 49.8 Å². The Balaban J connectivity index is 2.03. The molecule has 3 aromatic rings. The minimum atomic E-state index is -0.0907. The molecule has 1 aliphatic rings. The maximum atomic E-state index is 4.89. The lowest BCUT2D eigenvalue weighted by Gasteiger charge is -2.40. The molecule has 0 aliphatic carbocycles. The minimum absolute atomic E-state index is 0.0907. The molecule has 2 heterocycles. The highest BCUT2D eigenvalue weighted by Gasteiger charge is 2.43. The molecule has 2 heteroatoms. The molecular formula is C27H31N2+. The summed E-state index contributed by atoms with van der Waals surface area (Å²) in [4.78, 5) is 4.89. The first-order valence-electron chi connectivity index (χ1n) is 10.5. The Morgan fingerprint density at radius 3 is 2.34 bits per heavy atom. The van der Waals surface area contributed by atoms with Gasteiger partial charge in [0, 0.05) is 17.2 Å². The molecule has 0 bridgehead atoms. The van der Waals surface area contributed by atoms with Crippen molar-refractivity contribution in [3.05, 3.63) is 83.2 Å². The molecule has 148 valence electrons. The average Bonchev–Trinajstić information content (AvgIpc) is 2.66. The van der Waals surface area contributed by atoms with E-state index in [-0.39, 0.29) is 5.41 Å². The van der Waals surface area contributed by atoms with E-state index in [1.165, 1.54) is 44.6 Å². The molecule has 0 N–H and O–H groups in total. The van der Waals surface area contributed by atoms with Gasteiger partial charge in [0.05, 0.1) is 5.41 Å². The second kappa shape index (κ2) is 6.95. The van der Waals surface area contributed by atoms with Crippen molar-refractivity contribution in [2.75, 3.05) is 0 Å². The van der Waals surface area contributed by atoms with Crippen molar-refractivity contribution >= 4 is 0 Å². The van der Waals surface area contributed by atoms with Crippen molar-refractivity contribution in [2.24, 2.45) is 5.92 Å². The Morgan fingerprint density at radius 2 is 1.72 bits per heavy atom. The van der Waals surface area contributed by atoms with E-state index < -0.39 is 0 Å². The van der Waals surface area contributed by atoms with Gasteiger partial charge in [-0.15, -0.1) is 6.58 Å². The van der Waals surface area contributed by atoms with Crippen LogP contribution in [0, 0.1) is 33.6 Å². The Labute approximate surface area is 175 Å². The van der Waals surface area contributed by atoms with Gasteiger partial charge in [-0.25, -0.2) is 4.57 Å². The van der Waals surface area contributed by atoms with Crippen LogP contribution < -0.4 is 4.57 Å². The zero-order chi connectivity index (χ0) is 20.9. The fourth-order valence-electron chi connectivity index (χ4n) is 5.18. The van der Waals surface area contributed by atoms with Crippen LogP contribution in [0.15, 0.2) is 55.4 Å². The monoisotopic (exact) mass is 383 g/mol. The van der Waals surface area contributed by atoms with Crippen molar-refractivity contribution in [1.82, 2.24) is 4.98 Å². The molecule has 0 spiro atoms. The minimum Gasteiger partial charge on any atom is -0.229 e. The van der Waals surface area contributed by atoms with Gasteiger partial charge in [0.25, 0.3) is 6.33 Å². The van der Waals surface area contributed by atoms with E-state index in [9.17, 15) is 0 Å². The number of aromatic nitrogens is 2. The summed E-state index contributed by atoms with van der Waals surface area (Å²) in [6.07, 6.45) is 4.19. The van der Waals surface area contributed by atoms with Crippen LogP contribution in [0.1, 0.15) is 41.7 Å². The second-order valence-electron chi connectivity index (χ2n) is 8.96. The van der Waals surface area contributed by atoms with Gasteiger partial charge in [0.15, 0.2) is 5.69 Å². The van der Waals surface area contributed by atoms with E-state index in [1.54, 1.807) is 0 Å². The first kappa shape index (κ1) is 19.6. The summed E-state index contributed by atoms with van der Waals surface area (Å²) < 4.78 is 2.32. The Kier molecular flexibility index (Phi) is 4.69. The van der Waals surface area contributed by atoms with E-state index in [0.29, 0.717) is 5.92 Å². The average molecular weight is 384 g/mol. The van der Waals surface area contributed by atoms with Gasteiger partial charge in [-0.05, 0) is 66.9 Å². The molecule has 0 amide bonds. The first-order chi connectivity index (χ1) is 13.8. The standard InChI is InChI=1S/C27H31N2/c1-8-27(17(2)3)15-29-16-28-23(25-19(5)10-9-11-20(25)6)14-24(29)22-13-18(4)12-21(7)26(22)27/h8-14,16-17H,1,15H2,2-7H3/q+1. The Morgan fingerprint density at radius 1 is 1.03 bits per heavy atom. The molecule has 2 aromatic carbocycles.